The maximum atomic E-state index is 12.1. The minimum absolute atomic E-state index is 0.303. The Morgan fingerprint density at radius 2 is 1.79 bits per heavy atom. The van der Waals surface area contributed by atoms with Crippen LogP contribution in [-0.4, -0.2) is 20.3 Å². The summed E-state index contributed by atoms with van der Waals surface area (Å²) in [5, 5.41) is 0. The summed E-state index contributed by atoms with van der Waals surface area (Å²) in [6, 6.07) is 8.31. The second-order valence-electron chi connectivity index (χ2n) is 3.86. The summed E-state index contributed by atoms with van der Waals surface area (Å²) in [7, 11) is 1.91. The van der Waals surface area contributed by atoms with Gasteiger partial charge in [-0.25, -0.2) is 4.39 Å². The van der Waals surface area contributed by atoms with Gasteiger partial charge in [0.25, 0.3) is 0 Å². The predicted molar refractivity (Wildman–Crippen MR) is 59.8 cm³/mol. The summed E-state index contributed by atoms with van der Waals surface area (Å²) in [5.41, 5.74) is 2.40. The fourth-order valence-corrected chi connectivity index (χ4v) is 1.37. The van der Waals surface area contributed by atoms with Crippen LogP contribution in [0.5, 0.6) is 0 Å². The van der Waals surface area contributed by atoms with Gasteiger partial charge in [-0.3, -0.25) is 0 Å². The van der Waals surface area contributed by atoms with Crippen LogP contribution in [0.15, 0.2) is 24.3 Å². The molecule has 0 atom stereocenters. The quantitative estimate of drug-likeness (QED) is 0.713. The highest BCUT2D eigenvalue weighted by Gasteiger charge is 2.01. The fraction of sp³-hybridized carbons (Fsp3) is 0.500. The molecule has 2 heteroatoms. The molecule has 14 heavy (non-hydrogen) atoms. The lowest BCUT2D eigenvalue weighted by molar-refractivity contribution is 0.497. The van der Waals surface area contributed by atoms with E-state index in [0.717, 1.165) is 5.69 Å². The molecule has 0 fully saturated rings. The Bertz CT molecular complexity index is 266. The molecule has 0 heterocycles. The second-order valence-corrected chi connectivity index (χ2v) is 3.86. The zero-order valence-corrected chi connectivity index (χ0v) is 9.13. The van der Waals surface area contributed by atoms with Gasteiger partial charge in [0.1, 0.15) is 6.67 Å². The Hall–Kier alpha value is -1.05. The molecule has 1 aromatic rings. The average molecular weight is 195 g/mol. The van der Waals surface area contributed by atoms with E-state index in [1.807, 2.05) is 24.1 Å². The van der Waals surface area contributed by atoms with Gasteiger partial charge in [-0.15, -0.1) is 0 Å². The topological polar surface area (TPSA) is 3.24 Å². The molecular weight excluding hydrogens is 177 g/mol. The molecule has 0 N–H and O–H groups in total. The van der Waals surface area contributed by atoms with Crippen LogP contribution in [0.25, 0.3) is 0 Å². The minimum Gasteiger partial charge on any atom is -0.372 e. The maximum absolute atomic E-state index is 12.1. The standard InChI is InChI=1S/C12H18FN/c1-10(2)11-4-6-12(7-5-11)14(3)9-8-13/h4-7,10H,8-9H2,1-3H3. The van der Waals surface area contributed by atoms with E-state index in [1.165, 1.54) is 5.56 Å². The molecule has 0 saturated carbocycles. The first kappa shape index (κ1) is 11.0. The third-order valence-corrected chi connectivity index (χ3v) is 2.42. The molecule has 0 radical (unpaired) electrons. The summed E-state index contributed by atoms with van der Waals surface area (Å²) in [6.45, 7) is 4.49. The lowest BCUT2D eigenvalue weighted by atomic mass is 10.0. The zero-order valence-electron chi connectivity index (χ0n) is 9.13. The summed E-state index contributed by atoms with van der Waals surface area (Å²) in [6.07, 6.45) is 0. The van der Waals surface area contributed by atoms with Crippen molar-refractivity contribution in [1.82, 2.24) is 0 Å². The van der Waals surface area contributed by atoms with Gasteiger partial charge < -0.3 is 4.90 Å². The first-order chi connectivity index (χ1) is 6.65. The lowest BCUT2D eigenvalue weighted by Gasteiger charge is -2.18. The van der Waals surface area contributed by atoms with Crippen molar-refractivity contribution in [2.45, 2.75) is 19.8 Å². The predicted octanol–water partition coefficient (Wildman–Crippen LogP) is 3.22. The van der Waals surface area contributed by atoms with Gasteiger partial charge in [-0.1, -0.05) is 26.0 Å². The molecule has 1 rings (SSSR count). The van der Waals surface area contributed by atoms with E-state index >= 15 is 0 Å². The van der Waals surface area contributed by atoms with Crippen molar-refractivity contribution < 1.29 is 4.39 Å². The van der Waals surface area contributed by atoms with Gasteiger partial charge >= 0.3 is 0 Å². The second kappa shape index (κ2) is 4.99. The minimum atomic E-state index is -0.303. The fourth-order valence-electron chi connectivity index (χ4n) is 1.37. The number of nitrogens with zero attached hydrogens (tertiary/aromatic N) is 1. The monoisotopic (exact) mass is 195 g/mol. The van der Waals surface area contributed by atoms with Crippen LogP contribution in [-0.2, 0) is 0 Å². The molecule has 1 aromatic carbocycles. The third-order valence-electron chi connectivity index (χ3n) is 2.42. The van der Waals surface area contributed by atoms with Crippen molar-refractivity contribution in [2.24, 2.45) is 0 Å². The average Bonchev–Trinajstić information content (AvgIpc) is 2.18. The van der Waals surface area contributed by atoms with Crippen LogP contribution in [0.3, 0.4) is 0 Å². The maximum Gasteiger partial charge on any atom is 0.107 e. The van der Waals surface area contributed by atoms with E-state index in [1.54, 1.807) is 0 Å². The Balaban J connectivity index is 2.72. The summed E-state index contributed by atoms with van der Waals surface area (Å²) < 4.78 is 12.1. The van der Waals surface area contributed by atoms with E-state index in [9.17, 15) is 4.39 Å². The van der Waals surface area contributed by atoms with E-state index in [0.29, 0.717) is 12.5 Å². The molecular formula is C12H18FN. The van der Waals surface area contributed by atoms with Crippen LogP contribution in [0, 0.1) is 0 Å². The van der Waals surface area contributed by atoms with Crippen molar-refractivity contribution in [3.8, 4) is 0 Å². The van der Waals surface area contributed by atoms with E-state index in [-0.39, 0.29) is 6.67 Å². The summed E-state index contributed by atoms with van der Waals surface area (Å²) in [4.78, 5) is 1.92. The van der Waals surface area contributed by atoms with Crippen LogP contribution in [0.1, 0.15) is 25.3 Å². The van der Waals surface area contributed by atoms with Crippen LogP contribution < -0.4 is 4.90 Å². The van der Waals surface area contributed by atoms with Crippen molar-refractivity contribution >= 4 is 5.69 Å². The SMILES string of the molecule is CC(C)c1ccc(N(C)CCF)cc1. The Kier molecular flexibility index (Phi) is 3.93. The molecule has 0 spiro atoms. The Morgan fingerprint density at radius 1 is 1.21 bits per heavy atom. The number of alkyl halides is 1. The number of rotatable bonds is 4. The molecule has 78 valence electrons. The first-order valence-electron chi connectivity index (χ1n) is 5.02. The molecule has 0 aromatic heterocycles. The number of anilines is 1. The van der Waals surface area contributed by atoms with Crippen molar-refractivity contribution in [2.75, 3.05) is 25.2 Å². The number of benzene rings is 1. The lowest BCUT2D eigenvalue weighted by Crippen LogP contribution is -2.19. The highest BCUT2D eigenvalue weighted by Crippen LogP contribution is 2.18. The van der Waals surface area contributed by atoms with Gasteiger partial charge in [-0.2, -0.15) is 0 Å². The first-order valence-corrected chi connectivity index (χ1v) is 5.02. The van der Waals surface area contributed by atoms with Crippen molar-refractivity contribution in [1.29, 1.82) is 0 Å². The third kappa shape index (κ3) is 2.72. The van der Waals surface area contributed by atoms with Crippen LogP contribution >= 0.6 is 0 Å². The zero-order chi connectivity index (χ0) is 10.6. The molecule has 0 amide bonds. The van der Waals surface area contributed by atoms with Gasteiger partial charge in [0, 0.05) is 19.3 Å². The molecule has 0 saturated heterocycles. The molecule has 0 unspecified atom stereocenters. The Labute approximate surface area is 85.5 Å². The van der Waals surface area contributed by atoms with E-state index in [2.05, 4.69) is 26.0 Å². The molecule has 0 aliphatic rings. The van der Waals surface area contributed by atoms with Crippen molar-refractivity contribution in [3.05, 3.63) is 29.8 Å². The molecule has 0 bridgehead atoms. The Morgan fingerprint density at radius 3 is 2.21 bits per heavy atom. The van der Waals surface area contributed by atoms with Gasteiger partial charge in [-0.05, 0) is 23.6 Å². The smallest absolute Gasteiger partial charge is 0.107 e. The largest absolute Gasteiger partial charge is 0.372 e. The van der Waals surface area contributed by atoms with Crippen molar-refractivity contribution in [3.63, 3.8) is 0 Å². The van der Waals surface area contributed by atoms with E-state index in [4.69, 9.17) is 0 Å². The van der Waals surface area contributed by atoms with Gasteiger partial charge in [0.2, 0.25) is 0 Å². The molecule has 1 nitrogen and oxygen atoms in total. The number of halogens is 1. The van der Waals surface area contributed by atoms with Gasteiger partial charge in [0.05, 0.1) is 0 Å². The van der Waals surface area contributed by atoms with Crippen LogP contribution in [0.4, 0.5) is 10.1 Å². The van der Waals surface area contributed by atoms with Crippen LogP contribution in [0.2, 0.25) is 0 Å². The van der Waals surface area contributed by atoms with E-state index < -0.39 is 0 Å². The summed E-state index contributed by atoms with van der Waals surface area (Å²) in [5.74, 6) is 0.551. The van der Waals surface area contributed by atoms with Gasteiger partial charge in [0.15, 0.2) is 0 Å². The number of hydrogen-bond acceptors (Lipinski definition) is 1. The number of hydrogen-bond donors (Lipinski definition) is 0. The summed E-state index contributed by atoms with van der Waals surface area (Å²) >= 11 is 0. The molecule has 0 aliphatic carbocycles. The highest BCUT2D eigenvalue weighted by atomic mass is 19.1. The highest BCUT2D eigenvalue weighted by molar-refractivity contribution is 5.47. The molecule has 0 aliphatic heterocycles. The normalized spacial score (nSPS) is 10.6.